The second-order valence-corrected chi connectivity index (χ2v) is 6.50. The van der Waals surface area contributed by atoms with Gasteiger partial charge in [0.25, 0.3) is 0 Å². The molecule has 0 saturated heterocycles. The molecule has 0 fully saturated rings. The minimum atomic E-state index is 0.177. The molecule has 1 atom stereocenters. The molecule has 0 aliphatic heterocycles. The summed E-state index contributed by atoms with van der Waals surface area (Å²) in [5.74, 6) is 0.884. The Morgan fingerprint density at radius 2 is 2.00 bits per heavy atom. The van der Waals surface area contributed by atoms with Crippen LogP contribution in [0.4, 0.5) is 0 Å². The molecule has 108 valence electrons. The molecule has 3 heteroatoms. The third kappa shape index (κ3) is 5.42. The summed E-state index contributed by atoms with van der Waals surface area (Å²) in [6.45, 7) is 12.6. The van der Waals surface area contributed by atoms with Gasteiger partial charge in [0, 0.05) is 11.1 Å². The lowest BCUT2D eigenvalue weighted by molar-refractivity contribution is 0.174. The third-order valence-electron chi connectivity index (χ3n) is 3.23. The van der Waals surface area contributed by atoms with Crippen LogP contribution >= 0.6 is 11.6 Å². The lowest BCUT2D eigenvalue weighted by Gasteiger charge is -2.31. The highest BCUT2D eigenvalue weighted by Gasteiger charge is 2.24. The van der Waals surface area contributed by atoms with E-state index in [1.165, 1.54) is 0 Å². The van der Waals surface area contributed by atoms with E-state index in [-0.39, 0.29) is 5.41 Å². The number of rotatable bonds is 6. The molecule has 1 aromatic rings. The van der Waals surface area contributed by atoms with Gasteiger partial charge in [0.1, 0.15) is 12.4 Å². The number of ether oxygens (including phenoxy) is 1. The number of benzene rings is 1. The molecule has 1 unspecified atom stereocenters. The first kappa shape index (κ1) is 16.3. The highest BCUT2D eigenvalue weighted by Crippen LogP contribution is 2.23. The third-order valence-corrected chi connectivity index (χ3v) is 3.66. The molecule has 19 heavy (non-hydrogen) atoms. The summed E-state index contributed by atoms with van der Waals surface area (Å²) in [4.78, 5) is 0. The average molecular weight is 284 g/mol. The molecule has 0 aromatic heterocycles. The largest absolute Gasteiger partial charge is 0.492 e. The van der Waals surface area contributed by atoms with Gasteiger partial charge in [-0.05, 0) is 49.1 Å². The first-order valence-electron chi connectivity index (χ1n) is 6.97. The van der Waals surface area contributed by atoms with Gasteiger partial charge in [-0.15, -0.1) is 0 Å². The van der Waals surface area contributed by atoms with E-state index in [1.807, 2.05) is 25.1 Å². The fraction of sp³-hybridized carbons (Fsp3) is 0.625. The molecular weight excluding hydrogens is 258 g/mol. The van der Waals surface area contributed by atoms with Crippen LogP contribution in [-0.4, -0.2) is 19.2 Å². The molecule has 0 aliphatic rings. The number of aryl methyl sites for hydroxylation is 1. The van der Waals surface area contributed by atoms with Crippen molar-refractivity contribution in [3.63, 3.8) is 0 Å². The summed E-state index contributed by atoms with van der Waals surface area (Å²) < 4.78 is 5.91. The van der Waals surface area contributed by atoms with E-state index in [2.05, 4.69) is 33.0 Å². The highest BCUT2D eigenvalue weighted by atomic mass is 35.5. The molecule has 0 aliphatic carbocycles. The van der Waals surface area contributed by atoms with Gasteiger partial charge in [0.2, 0.25) is 0 Å². The maximum absolute atomic E-state index is 6.02. The molecule has 0 heterocycles. The first-order chi connectivity index (χ1) is 8.84. The van der Waals surface area contributed by atoms with E-state index in [1.54, 1.807) is 0 Å². The second kappa shape index (κ2) is 7.16. The van der Waals surface area contributed by atoms with Crippen molar-refractivity contribution in [2.45, 2.75) is 47.1 Å². The zero-order valence-corrected chi connectivity index (χ0v) is 13.5. The molecule has 0 radical (unpaired) electrons. The molecule has 0 amide bonds. The van der Waals surface area contributed by atoms with Crippen LogP contribution in [-0.2, 0) is 0 Å². The van der Waals surface area contributed by atoms with Gasteiger partial charge in [-0.2, -0.15) is 0 Å². The number of hydrogen-bond acceptors (Lipinski definition) is 2. The van der Waals surface area contributed by atoms with Gasteiger partial charge in [0.05, 0.1) is 0 Å². The first-order valence-corrected chi connectivity index (χ1v) is 7.34. The topological polar surface area (TPSA) is 21.3 Å². The van der Waals surface area contributed by atoms with E-state index in [4.69, 9.17) is 16.3 Å². The quantitative estimate of drug-likeness (QED) is 0.833. The van der Waals surface area contributed by atoms with Crippen LogP contribution in [0.5, 0.6) is 5.75 Å². The lowest BCUT2D eigenvalue weighted by atomic mass is 9.87. The number of hydrogen-bond donors (Lipinski definition) is 1. The molecule has 2 nitrogen and oxygen atoms in total. The van der Waals surface area contributed by atoms with Crippen molar-refractivity contribution in [1.82, 2.24) is 5.32 Å². The average Bonchev–Trinajstić information content (AvgIpc) is 2.32. The summed E-state index contributed by atoms with van der Waals surface area (Å²) >= 11 is 6.02. The standard InChI is InChI=1S/C16H26ClNO/c1-6-9-18-15(16(3,4)5)11-19-13-7-8-14(17)12(2)10-13/h7-8,10,15,18H,6,9,11H2,1-5H3. The molecule has 0 saturated carbocycles. The monoisotopic (exact) mass is 283 g/mol. The maximum atomic E-state index is 6.02. The summed E-state index contributed by atoms with van der Waals surface area (Å²) in [6.07, 6.45) is 1.13. The Labute approximate surface area is 122 Å². The van der Waals surface area contributed by atoms with Gasteiger partial charge in [-0.3, -0.25) is 0 Å². The molecule has 1 N–H and O–H groups in total. The summed E-state index contributed by atoms with van der Waals surface area (Å²) in [7, 11) is 0. The van der Waals surface area contributed by atoms with Crippen LogP contribution in [0.2, 0.25) is 5.02 Å². The van der Waals surface area contributed by atoms with Crippen LogP contribution < -0.4 is 10.1 Å². The minimum absolute atomic E-state index is 0.177. The van der Waals surface area contributed by atoms with E-state index in [0.717, 1.165) is 29.3 Å². The summed E-state index contributed by atoms with van der Waals surface area (Å²) in [6, 6.07) is 6.14. The van der Waals surface area contributed by atoms with E-state index in [0.29, 0.717) is 12.6 Å². The van der Waals surface area contributed by atoms with E-state index >= 15 is 0 Å². The Kier molecular flexibility index (Phi) is 6.15. The van der Waals surface area contributed by atoms with E-state index in [9.17, 15) is 0 Å². The Morgan fingerprint density at radius 1 is 1.32 bits per heavy atom. The van der Waals surface area contributed by atoms with Crippen molar-refractivity contribution in [3.8, 4) is 5.75 Å². The van der Waals surface area contributed by atoms with Gasteiger partial charge in [-0.1, -0.05) is 39.3 Å². The molecule has 0 spiro atoms. The van der Waals surface area contributed by atoms with Crippen LogP contribution in [0.1, 0.15) is 39.7 Å². The van der Waals surface area contributed by atoms with Crippen molar-refractivity contribution in [2.24, 2.45) is 5.41 Å². The maximum Gasteiger partial charge on any atom is 0.119 e. The van der Waals surface area contributed by atoms with Crippen LogP contribution in [0.15, 0.2) is 18.2 Å². The van der Waals surface area contributed by atoms with Crippen molar-refractivity contribution in [1.29, 1.82) is 0 Å². The molecular formula is C16H26ClNO. The Bertz CT molecular complexity index is 398. The fourth-order valence-corrected chi connectivity index (χ4v) is 1.94. The van der Waals surface area contributed by atoms with Crippen LogP contribution in [0, 0.1) is 12.3 Å². The lowest BCUT2D eigenvalue weighted by Crippen LogP contribution is -2.45. The fourth-order valence-electron chi connectivity index (χ4n) is 1.82. The van der Waals surface area contributed by atoms with Crippen LogP contribution in [0.25, 0.3) is 0 Å². The van der Waals surface area contributed by atoms with Crippen LogP contribution in [0.3, 0.4) is 0 Å². The zero-order valence-electron chi connectivity index (χ0n) is 12.7. The molecule has 1 rings (SSSR count). The normalized spacial score (nSPS) is 13.4. The molecule has 1 aromatic carbocycles. The SMILES string of the molecule is CCCNC(COc1ccc(Cl)c(C)c1)C(C)(C)C. The number of halogens is 1. The Hall–Kier alpha value is -0.730. The van der Waals surface area contributed by atoms with Crippen molar-refractivity contribution >= 4 is 11.6 Å². The second-order valence-electron chi connectivity index (χ2n) is 6.09. The van der Waals surface area contributed by atoms with Gasteiger partial charge >= 0.3 is 0 Å². The minimum Gasteiger partial charge on any atom is -0.492 e. The molecule has 0 bridgehead atoms. The van der Waals surface area contributed by atoms with Crippen molar-refractivity contribution < 1.29 is 4.74 Å². The smallest absolute Gasteiger partial charge is 0.119 e. The highest BCUT2D eigenvalue weighted by molar-refractivity contribution is 6.31. The Balaban J connectivity index is 2.62. The van der Waals surface area contributed by atoms with Crippen molar-refractivity contribution in [3.05, 3.63) is 28.8 Å². The van der Waals surface area contributed by atoms with Gasteiger partial charge in [0.15, 0.2) is 0 Å². The predicted molar refractivity (Wildman–Crippen MR) is 83.2 cm³/mol. The van der Waals surface area contributed by atoms with Gasteiger partial charge < -0.3 is 10.1 Å². The van der Waals surface area contributed by atoms with Gasteiger partial charge in [-0.25, -0.2) is 0 Å². The summed E-state index contributed by atoms with van der Waals surface area (Å²) in [5, 5.41) is 4.34. The Morgan fingerprint density at radius 3 is 2.53 bits per heavy atom. The van der Waals surface area contributed by atoms with E-state index < -0.39 is 0 Å². The predicted octanol–water partition coefficient (Wildman–Crippen LogP) is 4.44. The summed E-state index contributed by atoms with van der Waals surface area (Å²) in [5.41, 5.74) is 1.23. The van der Waals surface area contributed by atoms with Crippen molar-refractivity contribution in [2.75, 3.05) is 13.2 Å². The number of nitrogens with one attached hydrogen (secondary N) is 1. The zero-order chi connectivity index (χ0) is 14.5.